The number of halogens is 1. The van der Waals surface area contributed by atoms with Crippen LogP contribution in [0.4, 0.5) is 5.82 Å². The van der Waals surface area contributed by atoms with Gasteiger partial charge in [-0.15, -0.1) is 0 Å². The lowest BCUT2D eigenvalue weighted by Crippen LogP contribution is -2.56. The number of morpholine rings is 1. The molecule has 4 rings (SSSR count). The van der Waals surface area contributed by atoms with Crippen LogP contribution >= 0.6 is 11.6 Å². The first-order valence-electron chi connectivity index (χ1n) is 9.84. The van der Waals surface area contributed by atoms with Crippen LogP contribution in [0.25, 0.3) is 0 Å². The Kier molecular flexibility index (Phi) is 5.30. The Morgan fingerprint density at radius 2 is 2.00 bits per heavy atom. The summed E-state index contributed by atoms with van der Waals surface area (Å²) in [5, 5.41) is 0.672. The number of nitrogens with zero attached hydrogens (tertiary/aromatic N) is 3. The first-order valence-corrected chi connectivity index (χ1v) is 10.2. The van der Waals surface area contributed by atoms with Gasteiger partial charge in [0.05, 0.1) is 24.3 Å². The van der Waals surface area contributed by atoms with E-state index in [0.29, 0.717) is 23.7 Å². The van der Waals surface area contributed by atoms with E-state index in [1.54, 1.807) is 6.20 Å². The van der Waals surface area contributed by atoms with Gasteiger partial charge in [-0.2, -0.15) is 0 Å². The SMILES string of the molecule is CC1(C)COC(c2cccc(Cl)c2)CN1C(=O)c1ccc(N2CCCC2)nc1. The highest BCUT2D eigenvalue weighted by atomic mass is 35.5. The molecule has 1 amide bonds. The van der Waals surface area contributed by atoms with Crippen LogP contribution in [0.3, 0.4) is 0 Å². The summed E-state index contributed by atoms with van der Waals surface area (Å²) in [5.74, 6) is 0.938. The maximum atomic E-state index is 13.3. The van der Waals surface area contributed by atoms with Gasteiger partial charge in [0.15, 0.2) is 0 Å². The Hall–Kier alpha value is -2.11. The lowest BCUT2D eigenvalue weighted by Gasteiger charge is -2.45. The first-order chi connectivity index (χ1) is 13.4. The maximum Gasteiger partial charge on any atom is 0.256 e. The maximum absolute atomic E-state index is 13.3. The summed E-state index contributed by atoms with van der Waals surface area (Å²) >= 11 is 6.14. The van der Waals surface area contributed by atoms with Crippen molar-refractivity contribution in [3.8, 4) is 0 Å². The number of rotatable bonds is 3. The van der Waals surface area contributed by atoms with Crippen molar-refractivity contribution in [2.45, 2.75) is 38.3 Å². The molecule has 0 bridgehead atoms. The van der Waals surface area contributed by atoms with Crippen molar-refractivity contribution in [3.63, 3.8) is 0 Å². The number of benzene rings is 1. The van der Waals surface area contributed by atoms with Crippen molar-refractivity contribution in [1.82, 2.24) is 9.88 Å². The minimum atomic E-state index is -0.389. The molecule has 2 aromatic rings. The number of amides is 1. The fourth-order valence-corrected chi connectivity index (χ4v) is 4.11. The van der Waals surface area contributed by atoms with Gasteiger partial charge in [-0.1, -0.05) is 23.7 Å². The molecule has 3 heterocycles. The smallest absolute Gasteiger partial charge is 0.256 e. The lowest BCUT2D eigenvalue weighted by atomic mass is 9.97. The molecule has 0 aliphatic carbocycles. The quantitative estimate of drug-likeness (QED) is 0.770. The average molecular weight is 400 g/mol. The largest absolute Gasteiger partial charge is 0.369 e. The molecule has 0 saturated carbocycles. The molecule has 2 aliphatic rings. The van der Waals surface area contributed by atoms with Gasteiger partial charge in [0.25, 0.3) is 5.91 Å². The molecule has 2 saturated heterocycles. The summed E-state index contributed by atoms with van der Waals surface area (Å²) in [6, 6.07) is 11.5. The lowest BCUT2D eigenvalue weighted by molar-refractivity contribution is -0.0846. The highest BCUT2D eigenvalue weighted by Gasteiger charge is 2.39. The number of carbonyl (C=O) groups excluding carboxylic acids is 1. The standard InChI is InChI=1S/C22H26ClN3O2/c1-22(2)15-28-19(16-6-5-7-18(23)12-16)14-26(22)21(27)17-8-9-20(24-13-17)25-10-3-4-11-25/h5-9,12-13,19H,3-4,10-11,14-15H2,1-2H3. The van der Waals surface area contributed by atoms with Crippen LogP contribution in [-0.4, -0.2) is 47.6 Å². The zero-order valence-corrected chi connectivity index (χ0v) is 17.2. The summed E-state index contributed by atoms with van der Waals surface area (Å²) in [6.45, 7) is 7.10. The summed E-state index contributed by atoms with van der Waals surface area (Å²) in [6.07, 6.45) is 3.92. The van der Waals surface area contributed by atoms with Crippen molar-refractivity contribution in [3.05, 3.63) is 58.7 Å². The summed E-state index contributed by atoms with van der Waals surface area (Å²) < 4.78 is 6.06. The second kappa shape index (κ2) is 7.72. The van der Waals surface area contributed by atoms with E-state index < -0.39 is 0 Å². The fraction of sp³-hybridized carbons (Fsp3) is 0.455. The summed E-state index contributed by atoms with van der Waals surface area (Å²) in [5.41, 5.74) is 1.21. The molecule has 1 unspecified atom stereocenters. The third-order valence-electron chi connectivity index (χ3n) is 5.61. The van der Waals surface area contributed by atoms with Crippen LogP contribution < -0.4 is 4.90 Å². The predicted octanol–water partition coefficient (Wildman–Crippen LogP) is 4.33. The van der Waals surface area contributed by atoms with Gasteiger partial charge >= 0.3 is 0 Å². The third-order valence-corrected chi connectivity index (χ3v) is 5.84. The molecular weight excluding hydrogens is 374 g/mol. The minimum absolute atomic E-state index is 0.0131. The van der Waals surface area contributed by atoms with Crippen LogP contribution in [0.15, 0.2) is 42.6 Å². The Labute approximate surface area is 171 Å². The van der Waals surface area contributed by atoms with Gasteiger partial charge in [0.2, 0.25) is 0 Å². The number of hydrogen-bond donors (Lipinski definition) is 0. The second-order valence-electron chi connectivity index (χ2n) is 8.18. The highest BCUT2D eigenvalue weighted by molar-refractivity contribution is 6.30. The molecule has 28 heavy (non-hydrogen) atoms. The topological polar surface area (TPSA) is 45.7 Å². The van der Waals surface area contributed by atoms with Crippen LogP contribution in [-0.2, 0) is 4.74 Å². The van der Waals surface area contributed by atoms with E-state index in [4.69, 9.17) is 16.3 Å². The Morgan fingerprint density at radius 1 is 1.21 bits per heavy atom. The van der Waals surface area contributed by atoms with E-state index in [2.05, 4.69) is 9.88 Å². The van der Waals surface area contributed by atoms with E-state index in [9.17, 15) is 4.79 Å². The number of hydrogen-bond acceptors (Lipinski definition) is 4. The van der Waals surface area contributed by atoms with Gasteiger partial charge in [-0.25, -0.2) is 4.98 Å². The van der Waals surface area contributed by atoms with E-state index in [0.717, 1.165) is 24.5 Å². The molecule has 0 radical (unpaired) electrons. The van der Waals surface area contributed by atoms with Gasteiger partial charge in [-0.05, 0) is 56.5 Å². The average Bonchev–Trinajstić information content (AvgIpc) is 3.22. The third kappa shape index (κ3) is 3.87. The second-order valence-corrected chi connectivity index (χ2v) is 8.62. The van der Waals surface area contributed by atoms with E-state index in [-0.39, 0.29) is 17.6 Å². The molecule has 6 heteroatoms. The first kappa shape index (κ1) is 19.2. The summed E-state index contributed by atoms with van der Waals surface area (Å²) in [7, 11) is 0. The Balaban J connectivity index is 1.53. The van der Waals surface area contributed by atoms with Crippen LogP contribution in [0, 0.1) is 0 Å². The van der Waals surface area contributed by atoms with E-state index in [1.165, 1.54) is 12.8 Å². The van der Waals surface area contributed by atoms with Gasteiger partial charge < -0.3 is 14.5 Å². The number of anilines is 1. The van der Waals surface area contributed by atoms with Gasteiger partial charge in [0, 0.05) is 24.3 Å². The number of carbonyl (C=O) groups is 1. The van der Waals surface area contributed by atoms with Crippen molar-refractivity contribution >= 4 is 23.3 Å². The molecule has 1 aromatic heterocycles. The molecule has 2 aliphatic heterocycles. The van der Waals surface area contributed by atoms with E-state index >= 15 is 0 Å². The molecule has 1 atom stereocenters. The van der Waals surface area contributed by atoms with Crippen LogP contribution in [0.1, 0.15) is 48.7 Å². The molecule has 1 aromatic carbocycles. The molecule has 0 N–H and O–H groups in total. The zero-order chi connectivity index (χ0) is 19.7. The molecule has 5 nitrogen and oxygen atoms in total. The van der Waals surface area contributed by atoms with Gasteiger partial charge in [-0.3, -0.25) is 4.79 Å². The molecule has 0 spiro atoms. The Bertz CT molecular complexity index is 847. The van der Waals surface area contributed by atoms with Crippen molar-refractivity contribution < 1.29 is 9.53 Å². The molecule has 2 fully saturated rings. The van der Waals surface area contributed by atoms with Crippen LogP contribution in [0.2, 0.25) is 5.02 Å². The van der Waals surface area contributed by atoms with Crippen LogP contribution in [0.5, 0.6) is 0 Å². The van der Waals surface area contributed by atoms with E-state index in [1.807, 2.05) is 55.1 Å². The normalized spacial score (nSPS) is 21.8. The van der Waals surface area contributed by atoms with Gasteiger partial charge in [0.1, 0.15) is 11.9 Å². The van der Waals surface area contributed by atoms with Crippen molar-refractivity contribution in [2.24, 2.45) is 0 Å². The molecule has 148 valence electrons. The number of aromatic nitrogens is 1. The fourth-order valence-electron chi connectivity index (χ4n) is 3.92. The predicted molar refractivity (Wildman–Crippen MR) is 111 cm³/mol. The Morgan fingerprint density at radius 3 is 2.68 bits per heavy atom. The number of pyridine rings is 1. The summed E-state index contributed by atoms with van der Waals surface area (Å²) in [4.78, 5) is 22.0. The number of ether oxygens (including phenoxy) is 1. The monoisotopic (exact) mass is 399 g/mol. The zero-order valence-electron chi connectivity index (χ0n) is 16.4. The van der Waals surface area contributed by atoms with Crippen molar-refractivity contribution in [1.29, 1.82) is 0 Å². The minimum Gasteiger partial charge on any atom is -0.369 e. The molecular formula is C22H26ClN3O2. The van der Waals surface area contributed by atoms with Crippen molar-refractivity contribution in [2.75, 3.05) is 31.1 Å². The highest BCUT2D eigenvalue weighted by Crippen LogP contribution is 2.32.